The van der Waals surface area contributed by atoms with Crippen LogP contribution in [0.2, 0.25) is 0 Å². The van der Waals surface area contributed by atoms with E-state index in [-0.39, 0.29) is 11.3 Å². The number of hydrogen-bond donors (Lipinski definition) is 1. The lowest BCUT2D eigenvalue weighted by atomic mass is 9.84. The molecule has 0 aliphatic carbocycles. The van der Waals surface area contributed by atoms with Gasteiger partial charge in [0.1, 0.15) is 0 Å². The van der Waals surface area contributed by atoms with Gasteiger partial charge in [0.05, 0.1) is 0 Å². The standard InChI is InChI=1S/C10H15NO/c1-10(2,3)8-5-4-6-11-9(12)7-8/h4-6H,7H2,1-3H3,(H,11,12). The predicted molar refractivity (Wildman–Crippen MR) is 49.4 cm³/mol. The van der Waals surface area contributed by atoms with Crippen LogP contribution in [0.15, 0.2) is 23.9 Å². The van der Waals surface area contributed by atoms with Gasteiger partial charge in [0.25, 0.3) is 0 Å². The highest BCUT2D eigenvalue weighted by Crippen LogP contribution is 2.28. The van der Waals surface area contributed by atoms with Crippen molar-refractivity contribution >= 4 is 5.91 Å². The fourth-order valence-electron chi connectivity index (χ4n) is 1.10. The van der Waals surface area contributed by atoms with Gasteiger partial charge in [-0.1, -0.05) is 32.4 Å². The van der Waals surface area contributed by atoms with Gasteiger partial charge in [-0.3, -0.25) is 4.79 Å². The maximum atomic E-state index is 11.1. The average Bonchev–Trinajstić information content (AvgIpc) is 2.11. The molecule has 0 unspecified atom stereocenters. The SMILES string of the molecule is CC(C)(C)C1=CC=CNC(=O)C1. The van der Waals surface area contributed by atoms with Crippen molar-refractivity contribution in [3.63, 3.8) is 0 Å². The Hall–Kier alpha value is -1.05. The summed E-state index contributed by atoms with van der Waals surface area (Å²) in [5.41, 5.74) is 1.26. The fourth-order valence-corrected chi connectivity index (χ4v) is 1.10. The third-order valence-corrected chi connectivity index (χ3v) is 1.95. The number of amides is 1. The highest BCUT2D eigenvalue weighted by molar-refractivity contribution is 5.80. The third kappa shape index (κ3) is 2.22. The molecule has 2 heteroatoms. The van der Waals surface area contributed by atoms with Crippen LogP contribution in [-0.2, 0) is 4.79 Å². The zero-order chi connectivity index (χ0) is 9.19. The largest absolute Gasteiger partial charge is 0.332 e. The number of nitrogens with one attached hydrogen (secondary N) is 1. The second kappa shape index (κ2) is 3.13. The summed E-state index contributed by atoms with van der Waals surface area (Å²) in [5, 5.41) is 2.68. The third-order valence-electron chi connectivity index (χ3n) is 1.95. The highest BCUT2D eigenvalue weighted by Gasteiger charge is 2.19. The zero-order valence-electron chi connectivity index (χ0n) is 7.85. The van der Waals surface area contributed by atoms with E-state index in [1.54, 1.807) is 6.20 Å². The van der Waals surface area contributed by atoms with Crippen molar-refractivity contribution < 1.29 is 4.79 Å². The normalized spacial score (nSPS) is 18.2. The van der Waals surface area contributed by atoms with Crippen molar-refractivity contribution in [3.05, 3.63) is 23.9 Å². The molecule has 1 rings (SSSR count). The second-order valence-corrected chi connectivity index (χ2v) is 4.05. The number of carbonyl (C=O) groups is 1. The summed E-state index contributed by atoms with van der Waals surface area (Å²) >= 11 is 0. The minimum Gasteiger partial charge on any atom is -0.332 e. The van der Waals surface area contributed by atoms with Gasteiger partial charge in [0.15, 0.2) is 0 Å². The van der Waals surface area contributed by atoms with Gasteiger partial charge in [-0.05, 0) is 11.5 Å². The molecular formula is C10H15NO. The van der Waals surface area contributed by atoms with Gasteiger partial charge in [-0.15, -0.1) is 0 Å². The van der Waals surface area contributed by atoms with Crippen LogP contribution >= 0.6 is 0 Å². The quantitative estimate of drug-likeness (QED) is 0.584. The highest BCUT2D eigenvalue weighted by atomic mass is 16.1. The zero-order valence-corrected chi connectivity index (χ0v) is 7.85. The molecule has 0 bridgehead atoms. The topological polar surface area (TPSA) is 29.1 Å². The maximum absolute atomic E-state index is 11.1. The van der Waals surface area contributed by atoms with Crippen LogP contribution in [0.1, 0.15) is 27.2 Å². The minimum absolute atomic E-state index is 0.0740. The second-order valence-electron chi connectivity index (χ2n) is 4.05. The molecule has 0 radical (unpaired) electrons. The van der Waals surface area contributed by atoms with Gasteiger partial charge < -0.3 is 5.32 Å². The summed E-state index contributed by atoms with van der Waals surface area (Å²) in [6, 6.07) is 0. The Morgan fingerprint density at radius 1 is 1.42 bits per heavy atom. The Labute approximate surface area is 73.4 Å². The van der Waals surface area contributed by atoms with Crippen LogP contribution in [0.25, 0.3) is 0 Å². The average molecular weight is 165 g/mol. The molecule has 2 nitrogen and oxygen atoms in total. The fraction of sp³-hybridized carbons (Fsp3) is 0.500. The molecular weight excluding hydrogens is 150 g/mol. The molecule has 0 fully saturated rings. The van der Waals surface area contributed by atoms with Crippen molar-refractivity contribution in [1.29, 1.82) is 0 Å². The van der Waals surface area contributed by atoms with Crippen LogP contribution in [0.5, 0.6) is 0 Å². The molecule has 0 atom stereocenters. The van der Waals surface area contributed by atoms with E-state index >= 15 is 0 Å². The van der Waals surface area contributed by atoms with E-state index in [1.165, 1.54) is 5.57 Å². The van der Waals surface area contributed by atoms with Crippen LogP contribution in [0.3, 0.4) is 0 Å². The van der Waals surface area contributed by atoms with Crippen LogP contribution in [0, 0.1) is 5.41 Å². The molecule has 1 N–H and O–H groups in total. The molecule has 12 heavy (non-hydrogen) atoms. The Bertz CT molecular complexity index is 243. The van der Waals surface area contributed by atoms with Gasteiger partial charge in [0.2, 0.25) is 5.91 Å². The smallest absolute Gasteiger partial charge is 0.228 e. The summed E-state index contributed by atoms with van der Waals surface area (Å²) in [4.78, 5) is 11.1. The first kappa shape index (κ1) is 9.04. The van der Waals surface area contributed by atoms with Crippen LogP contribution < -0.4 is 5.32 Å². The molecule has 0 spiro atoms. The number of rotatable bonds is 0. The van der Waals surface area contributed by atoms with Crippen LogP contribution in [-0.4, -0.2) is 5.91 Å². The van der Waals surface area contributed by atoms with E-state index in [9.17, 15) is 4.79 Å². The van der Waals surface area contributed by atoms with E-state index in [0.717, 1.165) is 0 Å². The van der Waals surface area contributed by atoms with E-state index in [4.69, 9.17) is 0 Å². The van der Waals surface area contributed by atoms with Crippen molar-refractivity contribution in [2.24, 2.45) is 5.41 Å². The summed E-state index contributed by atoms with van der Waals surface area (Å²) in [5.74, 6) is 0.0740. The van der Waals surface area contributed by atoms with Gasteiger partial charge in [-0.2, -0.15) is 0 Å². The molecule has 1 amide bonds. The lowest BCUT2D eigenvalue weighted by Gasteiger charge is -2.21. The molecule has 0 aromatic rings. The summed E-state index contributed by atoms with van der Waals surface area (Å²) < 4.78 is 0. The Morgan fingerprint density at radius 3 is 2.67 bits per heavy atom. The molecule has 0 saturated carbocycles. The molecule has 1 aliphatic rings. The monoisotopic (exact) mass is 165 g/mol. The van der Waals surface area contributed by atoms with E-state index < -0.39 is 0 Å². The molecule has 1 aliphatic heterocycles. The predicted octanol–water partition coefficient (Wildman–Crippen LogP) is 1.99. The van der Waals surface area contributed by atoms with E-state index in [2.05, 4.69) is 26.1 Å². The summed E-state index contributed by atoms with van der Waals surface area (Å²) in [7, 11) is 0. The van der Waals surface area contributed by atoms with Gasteiger partial charge >= 0.3 is 0 Å². The molecule has 0 aromatic carbocycles. The van der Waals surface area contributed by atoms with Gasteiger partial charge in [0, 0.05) is 12.6 Å². The Morgan fingerprint density at radius 2 is 2.08 bits per heavy atom. The minimum atomic E-state index is 0.0740. The van der Waals surface area contributed by atoms with Crippen molar-refractivity contribution in [1.82, 2.24) is 5.32 Å². The molecule has 0 saturated heterocycles. The Balaban J connectivity index is 2.84. The van der Waals surface area contributed by atoms with Gasteiger partial charge in [-0.25, -0.2) is 0 Å². The van der Waals surface area contributed by atoms with Crippen molar-refractivity contribution in [2.75, 3.05) is 0 Å². The van der Waals surface area contributed by atoms with Crippen molar-refractivity contribution in [2.45, 2.75) is 27.2 Å². The lowest BCUT2D eigenvalue weighted by Crippen LogP contribution is -2.19. The molecule has 66 valence electrons. The maximum Gasteiger partial charge on any atom is 0.228 e. The van der Waals surface area contributed by atoms with Crippen molar-refractivity contribution in [3.8, 4) is 0 Å². The number of carbonyl (C=O) groups excluding carboxylic acids is 1. The number of hydrogen-bond acceptors (Lipinski definition) is 1. The first-order valence-corrected chi connectivity index (χ1v) is 4.16. The summed E-state index contributed by atoms with van der Waals surface area (Å²) in [6.07, 6.45) is 6.08. The Kier molecular flexibility index (Phi) is 2.36. The lowest BCUT2D eigenvalue weighted by molar-refractivity contribution is -0.119. The van der Waals surface area contributed by atoms with E-state index in [1.807, 2.05) is 12.2 Å². The molecule has 0 aromatic heterocycles. The molecule has 1 heterocycles. The first-order valence-electron chi connectivity index (χ1n) is 4.16. The number of allylic oxidation sites excluding steroid dienone is 2. The first-order chi connectivity index (χ1) is 5.50. The van der Waals surface area contributed by atoms with E-state index in [0.29, 0.717) is 6.42 Å². The van der Waals surface area contributed by atoms with Crippen LogP contribution in [0.4, 0.5) is 0 Å². The summed E-state index contributed by atoms with van der Waals surface area (Å²) in [6.45, 7) is 6.35.